The van der Waals surface area contributed by atoms with Crippen LogP contribution in [0.3, 0.4) is 0 Å². The quantitative estimate of drug-likeness (QED) is 0.577. The minimum Gasteiger partial charge on any atom is -0.395 e. The third kappa shape index (κ3) is 3.27. The first-order valence-electron chi connectivity index (χ1n) is 10.1. The molecule has 2 heterocycles. The van der Waals surface area contributed by atoms with E-state index < -0.39 is 23.1 Å². The molecule has 1 aliphatic heterocycles. The third-order valence-electron chi connectivity index (χ3n) is 6.18. The van der Waals surface area contributed by atoms with Gasteiger partial charge in [-0.1, -0.05) is 18.2 Å². The number of carbonyl (C=O) groups excluding carboxylic acids is 3. The topological polar surface area (TPSA) is 118 Å². The van der Waals surface area contributed by atoms with E-state index in [1.807, 2.05) is 35.0 Å². The summed E-state index contributed by atoms with van der Waals surface area (Å²) in [6, 6.07) is 7.76. The molecule has 8 nitrogen and oxygen atoms in total. The van der Waals surface area contributed by atoms with E-state index in [1.165, 1.54) is 13.1 Å². The number of benzene rings is 1. The Balaban J connectivity index is 1.75. The van der Waals surface area contributed by atoms with Crippen LogP contribution in [0.5, 0.6) is 0 Å². The maximum atomic E-state index is 13.2. The molecule has 0 saturated heterocycles. The number of nitrogens with one attached hydrogen (secondary N) is 1. The molecule has 0 spiro atoms. The largest absolute Gasteiger partial charge is 0.395 e. The molecule has 1 aliphatic carbocycles. The number of fused-ring (bicyclic) bond motifs is 1. The summed E-state index contributed by atoms with van der Waals surface area (Å²) in [5.41, 5.74) is 6.58. The minimum absolute atomic E-state index is 0.00319. The Labute approximate surface area is 174 Å². The number of primary amides is 1. The molecule has 1 fully saturated rings. The van der Waals surface area contributed by atoms with Gasteiger partial charge in [0.15, 0.2) is 0 Å². The maximum absolute atomic E-state index is 13.2. The van der Waals surface area contributed by atoms with Crippen LogP contribution in [0.2, 0.25) is 0 Å². The van der Waals surface area contributed by atoms with Crippen LogP contribution in [0, 0.1) is 11.3 Å². The van der Waals surface area contributed by atoms with Gasteiger partial charge in [0.2, 0.25) is 5.91 Å². The summed E-state index contributed by atoms with van der Waals surface area (Å²) >= 11 is 0. The number of likely N-dealkylation sites (N-methyl/N-ethyl adjacent to an activating group) is 1. The van der Waals surface area contributed by atoms with Crippen LogP contribution in [0.25, 0.3) is 10.9 Å². The van der Waals surface area contributed by atoms with Crippen molar-refractivity contribution < 1.29 is 19.5 Å². The van der Waals surface area contributed by atoms with Gasteiger partial charge in [0, 0.05) is 43.8 Å². The number of amides is 3. The Morgan fingerprint density at radius 2 is 2.03 bits per heavy atom. The SMILES string of the molecule is CNC(=O)C1=CC(C(N)=O)(C2CC2)CN(Cc2cn(CCO)c3ccccc23)C1=O. The number of rotatable bonds is 7. The molecule has 30 heavy (non-hydrogen) atoms. The maximum Gasteiger partial charge on any atom is 0.259 e. The van der Waals surface area contributed by atoms with Crippen LogP contribution in [-0.4, -0.2) is 52.5 Å². The number of hydrogen-bond acceptors (Lipinski definition) is 4. The first-order valence-corrected chi connectivity index (χ1v) is 10.1. The zero-order chi connectivity index (χ0) is 21.5. The lowest BCUT2D eigenvalue weighted by atomic mass is 9.76. The van der Waals surface area contributed by atoms with Crippen molar-refractivity contribution >= 4 is 28.6 Å². The van der Waals surface area contributed by atoms with E-state index in [-0.39, 0.29) is 31.2 Å². The van der Waals surface area contributed by atoms with E-state index in [0.717, 1.165) is 29.3 Å². The van der Waals surface area contributed by atoms with E-state index in [2.05, 4.69) is 5.32 Å². The second-order valence-electron chi connectivity index (χ2n) is 8.07. The number of carbonyl (C=O) groups is 3. The molecule has 1 aromatic carbocycles. The van der Waals surface area contributed by atoms with Crippen molar-refractivity contribution in [3.05, 3.63) is 47.7 Å². The Morgan fingerprint density at radius 3 is 2.67 bits per heavy atom. The van der Waals surface area contributed by atoms with Crippen molar-refractivity contribution in [3.8, 4) is 0 Å². The summed E-state index contributed by atoms with van der Waals surface area (Å²) in [7, 11) is 1.46. The van der Waals surface area contributed by atoms with Crippen LogP contribution < -0.4 is 11.1 Å². The molecule has 8 heteroatoms. The molecule has 2 aliphatic rings. The zero-order valence-corrected chi connectivity index (χ0v) is 16.9. The van der Waals surface area contributed by atoms with Gasteiger partial charge in [-0.15, -0.1) is 0 Å². The van der Waals surface area contributed by atoms with Gasteiger partial charge in [-0.25, -0.2) is 0 Å². The van der Waals surface area contributed by atoms with Crippen molar-refractivity contribution in [1.29, 1.82) is 0 Å². The highest BCUT2D eigenvalue weighted by molar-refractivity contribution is 6.19. The molecule has 4 rings (SSSR count). The first-order chi connectivity index (χ1) is 14.4. The highest BCUT2D eigenvalue weighted by atomic mass is 16.3. The minimum atomic E-state index is -1.03. The van der Waals surface area contributed by atoms with Crippen LogP contribution >= 0.6 is 0 Å². The Hall–Kier alpha value is -3.13. The van der Waals surface area contributed by atoms with E-state index in [0.29, 0.717) is 6.54 Å². The lowest BCUT2D eigenvalue weighted by Crippen LogP contribution is -2.53. The van der Waals surface area contributed by atoms with Gasteiger partial charge in [0.05, 0.1) is 12.0 Å². The first kappa shape index (κ1) is 20.2. The number of aliphatic hydroxyl groups excluding tert-OH is 1. The molecule has 0 radical (unpaired) electrons. The molecule has 1 saturated carbocycles. The summed E-state index contributed by atoms with van der Waals surface area (Å²) < 4.78 is 1.94. The fourth-order valence-electron chi connectivity index (χ4n) is 4.49. The zero-order valence-electron chi connectivity index (χ0n) is 16.9. The van der Waals surface area contributed by atoms with Crippen LogP contribution in [-0.2, 0) is 27.5 Å². The summed E-state index contributed by atoms with van der Waals surface area (Å²) in [6.07, 6.45) is 5.10. The average Bonchev–Trinajstić information content (AvgIpc) is 3.54. The van der Waals surface area contributed by atoms with E-state index in [9.17, 15) is 19.5 Å². The van der Waals surface area contributed by atoms with E-state index in [4.69, 9.17) is 5.73 Å². The van der Waals surface area contributed by atoms with Gasteiger partial charge >= 0.3 is 0 Å². The fraction of sp³-hybridized carbons (Fsp3) is 0.409. The number of hydrogen-bond donors (Lipinski definition) is 3. The molecule has 4 N–H and O–H groups in total. The van der Waals surface area contributed by atoms with Gasteiger partial charge in [-0.3, -0.25) is 14.4 Å². The normalized spacial score (nSPS) is 21.6. The van der Waals surface area contributed by atoms with Gasteiger partial charge in [0.1, 0.15) is 5.57 Å². The van der Waals surface area contributed by atoms with Crippen molar-refractivity contribution in [2.45, 2.75) is 25.9 Å². The Morgan fingerprint density at radius 1 is 1.30 bits per heavy atom. The molecule has 1 aromatic heterocycles. The van der Waals surface area contributed by atoms with Crippen LogP contribution in [0.15, 0.2) is 42.1 Å². The Kier molecular flexibility index (Phi) is 5.11. The van der Waals surface area contributed by atoms with Crippen molar-refractivity contribution in [3.63, 3.8) is 0 Å². The second-order valence-corrected chi connectivity index (χ2v) is 8.07. The predicted molar refractivity (Wildman–Crippen MR) is 111 cm³/mol. The van der Waals surface area contributed by atoms with Gasteiger partial charge in [-0.05, 0) is 36.5 Å². The van der Waals surface area contributed by atoms with Gasteiger partial charge in [-0.2, -0.15) is 0 Å². The Bertz CT molecular complexity index is 1050. The smallest absolute Gasteiger partial charge is 0.259 e. The van der Waals surface area contributed by atoms with Crippen molar-refractivity contribution in [2.75, 3.05) is 20.2 Å². The third-order valence-corrected chi connectivity index (χ3v) is 6.18. The fourth-order valence-corrected chi connectivity index (χ4v) is 4.49. The molecule has 158 valence electrons. The average molecular weight is 410 g/mol. The standard InChI is InChI=1S/C22H26N4O4/c1-24-19(28)17-10-22(21(23)30,15-6-7-15)13-26(20(17)29)12-14-11-25(8-9-27)18-5-3-2-4-16(14)18/h2-5,10-11,15,27H,6-9,12-13H2,1H3,(H2,23,30)(H,24,28). The van der Waals surface area contributed by atoms with Gasteiger partial charge < -0.3 is 25.6 Å². The summed E-state index contributed by atoms with van der Waals surface area (Å²) in [4.78, 5) is 39.6. The van der Waals surface area contributed by atoms with Crippen molar-refractivity contribution in [1.82, 2.24) is 14.8 Å². The van der Waals surface area contributed by atoms with Gasteiger partial charge in [0.25, 0.3) is 11.8 Å². The number of nitrogens with two attached hydrogens (primary N) is 1. The van der Waals surface area contributed by atoms with Crippen molar-refractivity contribution in [2.24, 2.45) is 17.1 Å². The predicted octanol–water partition coefficient (Wildman–Crippen LogP) is 0.530. The molecular formula is C22H26N4O4. The number of aliphatic hydroxyl groups is 1. The molecule has 1 atom stereocenters. The molecule has 0 bridgehead atoms. The number of nitrogens with zero attached hydrogens (tertiary/aromatic N) is 2. The lowest BCUT2D eigenvalue weighted by Gasteiger charge is -2.39. The lowest BCUT2D eigenvalue weighted by molar-refractivity contribution is -0.137. The van der Waals surface area contributed by atoms with Crippen LogP contribution in [0.4, 0.5) is 0 Å². The molecule has 2 aromatic rings. The van der Waals surface area contributed by atoms with E-state index >= 15 is 0 Å². The molecular weight excluding hydrogens is 384 g/mol. The summed E-state index contributed by atoms with van der Waals surface area (Å²) in [5, 5.41) is 12.8. The van der Waals surface area contributed by atoms with Crippen LogP contribution in [0.1, 0.15) is 18.4 Å². The highest BCUT2D eigenvalue weighted by Gasteiger charge is 2.53. The molecule has 3 amide bonds. The second kappa shape index (κ2) is 7.60. The summed E-state index contributed by atoms with van der Waals surface area (Å²) in [5.74, 6) is -1.39. The number of aromatic nitrogens is 1. The summed E-state index contributed by atoms with van der Waals surface area (Å²) in [6.45, 7) is 0.835. The highest BCUT2D eigenvalue weighted by Crippen LogP contribution is 2.49. The van der Waals surface area contributed by atoms with E-state index in [1.54, 1.807) is 4.90 Å². The number of para-hydroxylation sites is 1. The monoisotopic (exact) mass is 410 g/mol. The molecule has 1 unspecified atom stereocenters.